The molecule has 0 saturated heterocycles. The third-order valence-electron chi connectivity index (χ3n) is 8.78. The van der Waals surface area contributed by atoms with E-state index in [4.69, 9.17) is 19.3 Å². The van der Waals surface area contributed by atoms with Gasteiger partial charge in [-0.1, -0.05) is 97.1 Å². The van der Waals surface area contributed by atoms with Crippen molar-refractivity contribution in [2.24, 2.45) is 4.99 Å². The average molecular weight is 766 g/mol. The minimum atomic E-state index is -0.331. The van der Waals surface area contributed by atoms with Gasteiger partial charge in [0, 0.05) is 29.7 Å². The van der Waals surface area contributed by atoms with Gasteiger partial charge in [-0.25, -0.2) is 9.59 Å². The van der Waals surface area contributed by atoms with Crippen LogP contribution < -0.4 is 9.80 Å². The summed E-state index contributed by atoms with van der Waals surface area (Å²) in [5, 5.41) is 2.31. The van der Waals surface area contributed by atoms with Gasteiger partial charge in [0.25, 0.3) is 0 Å². The highest BCUT2D eigenvalue weighted by atomic mass is 35.5. The molecule has 0 saturated carbocycles. The van der Waals surface area contributed by atoms with E-state index in [1.54, 1.807) is 38.1 Å². The number of fused-ring (bicyclic) bond motifs is 1. The second-order valence-electron chi connectivity index (χ2n) is 12.5. The van der Waals surface area contributed by atoms with Crippen LogP contribution in [0.4, 0.5) is 11.4 Å². The first kappa shape index (κ1) is 40.7. The van der Waals surface area contributed by atoms with Gasteiger partial charge < -0.3 is 14.4 Å². The van der Waals surface area contributed by atoms with Crippen molar-refractivity contribution in [1.29, 1.82) is 0 Å². The van der Waals surface area contributed by atoms with E-state index in [-0.39, 0.29) is 11.9 Å². The maximum absolute atomic E-state index is 12.1. The van der Waals surface area contributed by atoms with Gasteiger partial charge in [0.15, 0.2) is 0 Å². The number of carbonyl (C=O) groups excluding carboxylic acids is 2. The van der Waals surface area contributed by atoms with Crippen LogP contribution in [0.2, 0.25) is 0 Å². The van der Waals surface area contributed by atoms with Crippen LogP contribution in [0, 0.1) is 6.19 Å². The van der Waals surface area contributed by atoms with Crippen molar-refractivity contribution < 1.29 is 19.1 Å². The van der Waals surface area contributed by atoms with E-state index in [2.05, 4.69) is 83.4 Å². The molecule has 0 atom stereocenters. The summed E-state index contributed by atoms with van der Waals surface area (Å²) in [6.45, 7) is 6.28. The SMILES string of the molecule is CCOC(=O)c1ccc(CN=CN(Cc2cccc3cccc(CN(C#[N+]Cc4ccc(C(=O)OCC)cc4)c4ccccc4)c23)c2ccccc2)cc1.CCl. The van der Waals surface area contributed by atoms with Crippen LogP contribution in [0.15, 0.2) is 151 Å². The Kier molecular flexibility index (Phi) is 15.6. The molecule has 0 fully saturated rings. The number of aliphatic imine (C=N–C) groups is 1. The zero-order chi connectivity index (χ0) is 39.5. The Labute approximate surface area is 334 Å². The van der Waals surface area contributed by atoms with Gasteiger partial charge in [-0.05, 0) is 84.3 Å². The Morgan fingerprint density at radius 3 is 1.71 bits per heavy atom. The molecule has 6 aromatic rings. The molecule has 0 aliphatic heterocycles. The Morgan fingerprint density at radius 1 is 0.643 bits per heavy atom. The Morgan fingerprint density at radius 2 is 1.16 bits per heavy atom. The third-order valence-corrected chi connectivity index (χ3v) is 8.78. The van der Waals surface area contributed by atoms with Crippen LogP contribution in [0.3, 0.4) is 0 Å². The summed E-state index contributed by atoms with van der Waals surface area (Å²) in [7, 11) is 0. The minimum Gasteiger partial charge on any atom is -0.462 e. The predicted octanol–water partition coefficient (Wildman–Crippen LogP) is 10.8. The van der Waals surface area contributed by atoms with Gasteiger partial charge in [-0.3, -0.25) is 4.99 Å². The van der Waals surface area contributed by atoms with Crippen molar-refractivity contribution >= 4 is 52.0 Å². The van der Waals surface area contributed by atoms with E-state index >= 15 is 0 Å². The lowest BCUT2D eigenvalue weighted by Crippen LogP contribution is -2.21. The number of esters is 2. The van der Waals surface area contributed by atoms with E-state index in [0.717, 1.165) is 39.0 Å². The summed E-state index contributed by atoms with van der Waals surface area (Å²) in [5.74, 6) is -0.657. The van der Waals surface area contributed by atoms with E-state index in [1.165, 1.54) is 11.8 Å². The fourth-order valence-electron chi connectivity index (χ4n) is 6.11. The lowest BCUT2D eigenvalue weighted by Gasteiger charge is -2.22. The number of ether oxygens (including phenoxy) is 2. The van der Waals surface area contributed by atoms with Gasteiger partial charge in [0.05, 0.1) is 37.2 Å². The van der Waals surface area contributed by atoms with Crippen molar-refractivity contribution in [3.8, 4) is 6.19 Å². The zero-order valence-electron chi connectivity index (χ0n) is 32.0. The zero-order valence-corrected chi connectivity index (χ0v) is 32.7. The largest absolute Gasteiger partial charge is 0.462 e. The van der Waals surface area contributed by atoms with Gasteiger partial charge in [0.1, 0.15) is 12.2 Å². The number of benzene rings is 6. The van der Waals surface area contributed by atoms with Gasteiger partial charge >= 0.3 is 18.1 Å². The van der Waals surface area contributed by atoms with Crippen LogP contribution in [-0.4, -0.2) is 37.9 Å². The van der Waals surface area contributed by atoms with Crippen molar-refractivity contribution in [3.63, 3.8) is 0 Å². The first-order valence-corrected chi connectivity index (χ1v) is 19.2. The maximum Gasteiger partial charge on any atom is 0.377 e. The van der Waals surface area contributed by atoms with Crippen molar-refractivity contribution in [2.75, 3.05) is 29.4 Å². The number of nitrogens with zero attached hydrogens (tertiary/aromatic N) is 4. The molecule has 0 heterocycles. The molecule has 284 valence electrons. The summed E-state index contributed by atoms with van der Waals surface area (Å²) in [6.07, 6.45) is 6.68. The van der Waals surface area contributed by atoms with E-state index in [0.29, 0.717) is 50.5 Å². The fourth-order valence-corrected chi connectivity index (χ4v) is 6.11. The molecule has 0 radical (unpaired) electrons. The number of para-hydroxylation sites is 2. The quantitative estimate of drug-likeness (QED) is 0.0274. The summed E-state index contributed by atoms with van der Waals surface area (Å²) in [4.78, 5) is 37.9. The molecule has 0 spiro atoms. The highest BCUT2D eigenvalue weighted by molar-refractivity contribution is 6.15. The lowest BCUT2D eigenvalue weighted by atomic mass is 9.98. The number of carbonyl (C=O) groups is 2. The first-order chi connectivity index (χ1) is 27.5. The molecule has 0 aromatic heterocycles. The van der Waals surface area contributed by atoms with Crippen LogP contribution in [0.25, 0.3) is 15.6 Å². The molecule has 0 aliphatic rings. The minimum absolute atomic E-state index is 0.325. The molecule has 0 aliphatic carbocycles. The summed E-state index contributed by atoms with van der Waals surface area (Å²) < 4.78 is 10.2. The van der Waals surface area contributed by atoms with Crippen LogP contribution in [-0.2, 0) is 35.7 Å². The number of anilines is 2. The number of hydrogen-bond donors (Lipinski definition) is 0. The Hall–Kier alpha value is -6.43. The van der Waals surface area contributed by atoms with E-state index < -0.39 is 0 Å². The maximum atomic E-state index is 12.1. The fraction of sp³-hybridized carbons (Fsp3) is 0.191. The standard InChI is InChI=1S/C46H43N4O4.CH3Cl/c1-3-53-45(51)38-25-21-35(22-26-38)29-47-33-49(42-17-7-5-8-18-42)31-40-15-11-13-37-14-12-16-41(44(37)40)32-50(43-19-9-6-10-20-43)34-48-30-36-23-27-39(28-24-36)46(52)54-4-2;1-2/h5-28,33H,3-4,29-32H2,1-2H3;1H3/q+1;. The molecule has 8 nitrogen and oxygen atoms in total. The molecular formula is C47H46ClN4O4+. The molecule has 0 N–H and O–H groups in total. The Bertz CT molecular complexity index is 2250. The first-order valence-electron chi connectivity index (χ1n) is 18.5. The molecular weight excluding hydrogens is 720 g/mol. The van der Waals surface area contributed by atoms with Crippen molar-refractivity contribution in [2.45, 2.75) is 40.0 Å². The third kappa shape index (κ3) is 11.3. The summed E-state index contributed by atoms with van der Waals surface area (Å²) in [6, 6.07) is 47.9. The van der Waals surface area contributed by atoms with Crippen LogP contribution in [0.1, 0.15) is 56.8 Å². The van der Waals surface area contributed by atoms with Crippen LogP contribution >= 0.6 is 11.6 Å². The molecule has 9 heteroatoms. The number of alkyl halides is 1. The number of rotatable bonds is 14. The number of halogens is 1. The van der Waals surface area contributed by atoms with E-state index in [9.17, 15) is 9.59 Å². The molecule has 0 unspecified atom stereocenters. The lowest BCUT2D eigenvalue weighted by molar-refractivity contribution is 0.0516. The smallest absolute Gasteiger partial charge is 0.377 e. The normalized spacial score (nSPS) is 10.5. The molecule has 56 heavy (non-hydrogen) atoms. The van der Waals surface area contributed by atoms with Gasteiger partial charge in [0.2, 0.25) is 6.54 Å². The number of hydrogen-bond acceptors (Lipinski definition) is 6. The molecule has 0 amide bonds. The molecule has 6 aromatic carbocycles. The van der Waals surface area contributed by atoms with E-state index in [1.807, 2.05) is 71.9 Å². The molecule has 6 rings (SSSR count). The highest BCUT2D eigenvalue weighted by Gasteiger charge is 2.18. The van der Waals surface area contributed by atoms with Crippen molar-refractivity contribution in [1.82, 2.24) is 0 Å². The second kappa shape index (κ2) is 21.5. The Balaban J connectivity index is 0.00000295. The summed E-state index contributed by atoms with van der Waals surface area (Å²) >= 11 is 4.64. The monoisotopic (exact) mass is 765 g/mol. The topological polar surface area (TPSA) is 75.8 Å². The predicted molar refractivity (Wildman–Crippen MR) is 229 cm³/mol. The average Bonchev–Trinajstić information content (AvgIpc) is 3.25. The molecule has 0 bridgehead atoms. The van der Waals surface area contributed by atoms with Gasteiger partial charge in [-0.2, -0.15) is 9.74 Å². The highest BCUT2D eigenvalue weighted by Crippen LogP contribution is 2.28. The van der Waals surface area contributed by atoms with Gasteiger partial charge in [-0.15, -0.1) is 11.6 Å². The van der Waals surface area contributed by atoms with Crippen molar-refractivity contribution in [3.05, 3.63) is 184 Å². The van der Waals surface area contributed by atoms with Crippen LogP contribution in [0.5, 0.6) is 0 Å². The second-order valence-corrected chi connectivity index (χ2v) is 12.5. The summed E-state index contributed by atoms with van der Waals surface area (Å²) in [5.41, 5.74) is 7.30.